The SMILES string of the molecule is CCOc1cc(C(F)(F)F)ccc1C(=O)NCC1(c2ccc(S(=O)(=O)Nc3nnc(C(C)C)s3)cc2)CCC1. The molecule has 1 fully saturated rings. The van der Waals surface area contributed by atoms with E-state index in [4.69, 9.17) is 4.74 Å². The summed E-state index contributed by atoms with van der Waals surface area (Å²) in [4.78, 5) is 13.0. The third kappa shape index (κ3) is 6.35. The fourth-order valence-corrected chi connectivity index (χ4v) is 6.32. The van der Waals surface area contributed by atoms with Crippen molar-refractivity contribution in [2.45, 2.75) is 62.4 Å². The Kier molecular flexibility index (Phi) is 8.22. The van der Waals surface area contributed by atoms with Crippen molar-refractivity contribution in [2.24, 2.45) is 0 Å². The number of aromatic nitrogens is 2. The van der Waals surface area contributed by atoms with E-state index in [1.807, 2.05) is 13.8 Å². The van der Waals surface area contributed by atoms with Crippen LogP contribution >= 0.6 is 11.3 Å². The third-order valence-corrected chi connectivity index (χ3v) is 9.31. The molecule has 210 valence electrons. The molecule has 3 aromatic rings. The van der Waals surface area contributed by atoms with Gasteiger partial charge in [-0.25, -0.2) is 8.42 Å². The second-order valence-corrected chi connectivity index (χ2v) is 12.4. The Morgan fingerprint density at radius 1 is 1.13 bits per heavy atom. The largest absolute Gasteiger partial charge is 0.493 e. The van der Waals surface area contributed by atoms with Crippen LogP contribution in [0.3, 0.4) is 0 Å². The molecule has 8 nitrogen and oxygen atoms in total. The Morgan fingerprint density at radius 3 is 2.36 bits per heavy atom. The summed E-state index contributed by atoms with van der Waals surface area (Å²) in [7, 11) is -3.87. The van der Waals surface area contributed by atoms with Crippen LogP contribution in [-0.4, -0.2) is 37.7 Å². The number of rotatable bonds is 10. The smallest absolute Gasteiger partial charge is 0.416 e. The van der Waals surface area contributed by atoms with Crippen molar-refractivity contribution >= 4 is 32.4 Å². The van der Waals surface area contributed by atoms with Gasteiger partial charge in [-0.3, -0.25) is 9.52 Å². The van der Waals surface area contributed by atoms with Gasteiger partial charge in [-0.2, -0.15) is 13.2 Å². The summed E-state index contributed by atoms with van der Waals surface area (Å²) in [5, 5.41) is 11.7. The topological polar surface area (TPSA) is 110 Å². The Morgan fingerprint density at radius 2 is 1.82 bits per heavy atom. The van der Waals surface area contributed by atoms with Crippen molar-refractivity contribution in [3.05, 3.63) is 64.2 Å². The van der Waals surface area contributed by atoms with E-state index < -0.39 is 33.1 Å². The standard InChI is InChI=1S/C26H29F3N4O4S2/c1-4-37-21-14-18(26(27,28)29)8-11-20(21)22(34)30-15-25(12-5-13-25)17-6-9-19(10-7-17)39(35,36)33-24-32-31-23(38-24)16(2)3/h6-11,14,16H,4-5,12-13,15H2,1-3H3,(H,30,34)(H,32,33). The van der Waals surface area contributed by atoms with Gasteiger partial charge in [-0.1, -0.05) is 43.7 Å². The Hall–Kier alpha value is -3.19. The highest BCUT2D eigenvalue weighted by molar-refractivity contribution is 7.93. The number of carbonyl (C=O) groups excluding carboxylic acids is 1. The number of anilines is 1. The number of carbonyl (C=O) groups is 1. The molecule has 0 radical (unpaired) electrons. The molecule has 0 spiro atoms. The van der Waals surface area contributed by atoms with Crippen LogP contribution in [0.1, 0.15) is 72.4 Å². The molecule has 1 aliphatic rings. The van der Waals surface area contributed by atoms with Crippen LogP contribution in [0.5, 0.6) is 5.75 Å². The monoisotopic (exact) mass is 582 g/mol. The highest BCUT2D eigenvalue weighted by atomic mass is 32.2. The lowest BCUT2D eigenvalue weighted by Crippen LogP contribution is -2.45. The van der Waals surface area contributed by atoms with Gasteiger partial charge >= 0.3 is 6.18 Å². The van der Waals surface area contributed by atoms with Gasteiger partial charge < -0.3 is 10.1 Å². The van der Waals surface area contributed by atoms with Crippen LogP contribution in [0, 0.1) is 0 Å². The van der Waals surface area contributed by atoms with E-state index in [1.54, 1.807) is 19.1 Å². The van der Waals surface area contributed by atoms with Gasteiger partial charge in [0.05, 0.1) is 22.6 Å². The summed E-state index contributed by atoms with van der Waals surface area (Å²) in [5.74, 6) is -0.547. The number of sulfonamides is 1. The molecule has 39 heavy (non-hydrogen) atoms. The number of nitrogens with zero attached hydrogens (tertiary/aromatic N) is 2. The molecular formula is C26H29F3N4O4S2. The minimum atomic E-state index is -4.56. The van der Waals surface area contributed by atoms with Crippen LogP contribution in [0.4, 0.5) is 18.3 Å². The number of nitrogens with one attached hydrogen (secondary N) is 2. The fraction of sp³-hybridized carbons (Fsp3) is 0.423. The first kappa shape index (κ1) is 28.8. The number of alkyl halides is 3. The zero-order valence-electron chi connectivity index (χ0n) is 21.6. The van der Waals surface area contributed by atoms with E-state index in [-0.39, 0.29) is 40.4 Å². The molecule has 1 aliphatic carbocycles. The van der Waals surface area contributed by atoms with Crippen molar-refractivity contribution in [3.8, 4) is 5.75 Å². The molecular weight excluding hydrogens is 553 g/mol. The molecule has 2 aromatic carbocycles. The zero-order valence-corrected chi connectivity index (χ0v) is 23.3. The second kappa shape index (κ2) is 11.1. The van der Waals surface area contributed by atoms with Crippen molar-refractivity contribution in [2.75, 3.05) is 17.9 Å². The van der Waals surface area contributed by atoms with E-state index in [0.29, 0.717) is 0 Å². The molecule has 0 bridgehead atoms. The summed E-state index contributed by atoms with van der Waals surface area (Å²) in [6, 6.07) is 9.27. The molecule has 1 amide bonds. The minimum absolute atomic E-state index is 0.0177. The summed E-state index contributed by atoms with van der Waals surface area (Å²) in [6.07, 6.45) is -2.09. The molecule has 0 unspecified atom stereocenters. The maximum Gasteiger partial charge on any atom is 0.416 e. The van der Waals surface area contributed by atoms with E-state index in [0.717, 1.165) is 48.0 Å². The highest BCUT2D eigenvalue weighted by Crippen LogP contribution is 2.43. The maximum atomic E-state index is 13.1. The van der Waals surface area contributed by atoms with Crippen LogP contribution in [-0.2, 0) is 21.6 Å². The molecule has 0 saturated heterocycles. The predicted octanol–water partition coefficient (Wildman–Crippen LogP) is 5.73. The van der Waals surface area contributed by atoms with Crippen LogP contribution in [0.2, 0.25) is 0 Å². The lowest BCUT2D eigenvalue weighted by atomic mass is 9.64. The summed E-state index contributed by atoms with van der Waals surface area (Å²) < 4.78 is 72.9. The van der Waals surface area contributed by atoms with Gasteiger partial charge in [-0.05, 0) is 55.7 Å². The predicted molar refractivity (Wildman–Crippen MR) is 142 cm³/mol. The second-order valence-electron chi connectivity index (χ2n) is 9.69. The van der Waals surface area contributed by atoms with Gasteiger partial charge in [0.15, 0.2) is 0 Å². The average molecular weight is 583 g/mol. The van der Waals surface area contributed by atoms with Gasteiger partial charge in [0.2, 0.25) is 5.13 Å². The Balaban J connectivity index is 1.47. The molecule has 1 saturated carbocycles. The van der Waals surface area contributed by atoms with Gasteiger partial charge in [0.1, 0.15) is 10.8 Å². The van der Waals surface area contributed by atoms with Gasteiger partial charge in [-0.15, -0.1) is 10.2 Å². The van der Waals surface area contributed by atoms with Crippen molar-refractivity contribution in [1.82, 2.24) is 15.5 Å². The Bertz CT molecular complexity index is 1430. The first-order valence-corrected chi connectivity index (χ1v) is 14.7. The van der Waals surface area contributed by atoms with Crippen LogP contribution < -0.4 is 14.8 Å². The van der Waals surface area contributed by atoms with Gasteiger partial charge in [0, 0.05) is 17.9 Å². The molecule has 13 heteroatoms. The van der Waals surface area contributed by atoms with Crippen molar-refractivity contribution < 1.29 is 31.1 Å². The first-order valence-electron chi connectivity index (χ1n) is 12.4. The van der Waals surface area contributed by atoms with E-state index >= 15 is 0 Å². The molecule has 1 heterocycles. The first-order chi connectivity index (χ1) is 18.3. The normalized spacial score (nSPS) is 15.1. The van der Waals surface area contributed by atoms with Gasteiger partial charge in [0.25, 0.3) is 15.9 Å². The summed E-state index contributed by atoms with van der Waals surface area (Å²) in [5.41, 5.74) is -0.421. The lowest BCUT2D eigenvalue weighted by Gasteiger charge is -2.42. The van der Waals surface area contributed by atoms with Crippen LogP contribution in [0.25, 0.3) is 0 Å². The third-order valence-electron chi connectivity index (χ3n) is 6.68. The van der Waals surface area contributed by atoms with E-state index in [1.165, 1.54) is 23.5 Å². The Labute approximate surface area is 229 Å². The maximum absolute atomic E-state index is 13.1. The summed E-state index contributed by atoms with van der Waals surface area (Å²) in [6.45, 7) is 5.86. The number of hydrogen-bond acceptors (Lipinski definition) is 7. The zero-order chi connectivity index (χ0) is 28.4. The quantitative estimate of drug-likeness (QED) is 0.316. The number of hydrogen-bond donors (Lipinski definition) is 2. The molecule has 2 N–H and O–H groups in total. The van der Waals surface area contributed by atoms with Crippen LogP contribution in [0.15, 0.2) is 47.4 Å². The fourth-order valence-electron chi connectivity index (χ4n) is 4.35. The number of benzene rings is 2. The number of halogens is 3. The number of ether oxygens (including phenoxy) is 1. The number of amides is 1. The van der Waals surface area contributed by atoms with E-state index in [9.17, 15) is 26.4 Å². The minimum Gasteiger partial charge on any atom is -0.493 e. The molecule has 1 aromatic heterocycles. The molecule has 0 aliphatic heterocycles. The molecule has 4 rings (SSSR count). The van der Waals surface area contributed by atoms with Crippen molar-refractivity contribution in [1.29, 1.82) is 0 Å². The average Bonchev–Trinajstić information content (AvgIpc) is 3.31. The lowest BCUT2D eigenvalue weighted by molar-refractivity contribution is -0.137. The summed E-state index contributed by atoms with van der Waals surface area (Å²) >= 11 is 1.18. The highest BCUT2D eigenvalue weighted by Gasteiger charge is 2.39. The van der Waals surface area contributed by atoms with Crippen molar-refractivity contribution in [3.63, 3.8) is 0 Å². The van der Waals surface area contributed by atoms with E-state index in [2.05, 4.69) is 20.2 Å². The molecule has 0 atom stereocenters.